The number of nitrogens with two attached hydrogens (primary N) is 1. The Balaban J connectivity index is 1.70. The van der Waals surface area contributed by atoms with Crippen LogP contribution in [0.25, 0.3) is 10.2 Å². The second-order valence-electron chi connectivity index (χ2n) is 5.21. The maximum Gasteiger partial charge on any atom is 0.186 e. The Bertz CT molecular complexity index is 729. The molecule has 2 heterocycles. The monoisotopic (exact) mass is 301 g/mol. The van der Waals surface area contributed by atoms with E-state index in [2.05, 4.69) is 21.7 Å². The average molecular weight is 301 g/mol. The number of benzene rings is 1. The Morgan fingerprint density at radius 3 is 2.95 bits per heavy atom. The van der Waals surface area contributed by atoms with E-state index in [0.717, 1.165) is 22.9 Å². The second kappa shape index (κ2) is 4.75. The van der Waals surface area contributed by atoms with Crippen LogP contribution in [-0.2, 0) is 6.54 Å². The van der Waals surface area contributed by atoms with Crippen molar-refractivity contribution in [1.29, 1.82) is 0 Å². The van der Waals surface area contributed by atoms with E-state index < -0.39 is 0 Å². The SMILES string of the molecule is Nc1ccc2nc(N(Cc3ccsc3)C3CC3)sc2c1. The molecule has 3 nitrogen and oxygen atoms in total. The zero-order valence-corrected chi connectivity index (χ0v) is 12.6. The van der Waals surface area contributed by atoms with Crippen LogP contribution in [0.3, 0.4) is 0 Å². The molecule has 0 unspecified atom stereocenters. The van der Waals surface area contributed by atoms with E-state index in [1.54, 1.807) is 22.7 Å². The number of rotatable bonds is 4. The minimum Gasteiger partial charge on any atom is -0.399 e. The van der Waals surface area contributed by atoms with Crippen LogP contribution in [0.1, 0.15) is 18.4 Å². The summed E-state index contributed by atoms with van der Waals surface area (Å²) in [7, 11) is 0. The Labute approximate surface area is 125 Å². The van der Waals surface area contributed by atoms with Crippen LogP contribution in [0.5, 0.6) is 0 Å². The number of nitrogen functional groups attached to an aromatic ring is 1. The number of anilines is 2. The van der Waals surface area contributed by atoms with Crippen molar-refractivity contribution in [2.75, 3.05) is 10.6 Å². The third kappa shape index (κ3) is 2.27. The molecule has 2 N–H and O–H groups in total. The van der Waals surface area contributed by atoms with Crippen molar-refractivity contribution in [2.45, 2.75) is 25.4 Å². The van der Waals surface area contributed by atoms with Gasteiger partial charge in [0.1, 0.15) is 0 Å². The largest absolute Gasteiger partial charge is 0.399 e. The molecule has 102 valence electrons. The Kier molecular flexibility index (Phi) is 2.89. The highest BCUT2D eigenvalue weighted by atomic mass is 32.1. The molecule has 1 aliphatic rings. The van der Waals surface area contributed by atoms with Gasteiger partial charge in [0.05, 0.1) is 10.2 Å². The number of thiophene rings is 1. The molecule has 1 aliphatic carbocycles. The summed E-state index contributed by atoms with van der Waals surface area (Å²) in [6.07, 6.45) is 2.56. The number of hydrogen-bond acceptors (Lipinski definition) is 5. The first kappa shape index (κ1) is 12.2. The first-order valence-electron chi connectivity index (χ1n) is 6.73. The fourth-order valence-corrected chi connectivity index (χ4v) is 4.11. The Morgan fingerprint density at radius 2 is 2.20 bits per heavy atom. The summed E-state index contributed by atoms with van der Waals surface area (Å²) < 4.78 is 1.18. The minimum atomic E-state index is 0.660. The van der Waals surface area contributed by atoms with E-state index in [1.807, 2.05) is 18.2 Å². The number of thiazole rings is 1. The molecule has 0 radical (unpaired) electrons. The van der Waals surface area contributed by atoms with Gasteiger partial charge in [-0.1, -0.05) is 11.3 Å². The molecule has 4 rings (SSSR count). The number of nitrogens with zero attached hydrogens (tertiary/aromatic N) is 2. The van der Waals surface area contributed by atoms with Crippen LogP contribution < -0.4 is 10.6 Å². The average Bonchev–Trinajstić information content (AvgIpc) is 2.99. The zero-order chi connectivity index (χ0) is 13.5. The molecule has 3 aromatic rings. The van der Waals surface area contributed by atoms with Crippen molar-refractivity contribution in [2.24, 2.45) is 0 Å². The molecule has 0 saturated heterocycles. The lowest BCUT2D eigenvalue weighted by molar-refractivity contribution is 0.793. The summed E-state index contributed by atoms with van der Waals surface area (Å²) in [5.74, 6) is 0. The Morgan fingerprint density at radius 1 is 1.30 bits per heavy atom. The summed E-state index contributed by atoms with van der Waals surface area (Å²) in [4.78, 5) is 7.24. The van der Waals surface area contributed by atoms with Gasteiger partial charge in [-0.05, 0) is 53.4 Å². The van der Waals surface area contributed by atoms with Gasteiger partial charge in [0.25, 0.3) is 0 Å². The molecule has 1 aromatic carbocycles. The van der Waals surface area contributed by atoms with Crippen LogP contribution in [0.15, 0.2) is 35.0 Å². The summed E-state index contributed by atoms with van der Waals surface area (Å²) in [5, 5.41) is 5.49. The number of aromatic nitrogens is 1. The lowest BCUT2D eigenvalue weighted by atomic mass is 10.3. The van der Waals surface area contributed by atoms with Gasteiger partial charge in [0.15, 0.2) is 5.13 Å². The van der Waals surface area contributed by atoms with Crippen LogP contribution in [0.4, 0.5) is 10.8 Å². The summed E-state index contributed by atoms with van der Waals surface area (Å²) >= 11 is 3.50. The normalized spacial score (nSPS) is 14.8. The van der Waals surface area contributed by atoms with Gasteiger partial charge in [0.2, 0.25) is 0 Å². The number of hydrogen-bond donors (Lipinski definition) is 1. The summed E-state index contributed by atoms with van der Waals surface area (Å²) in [6, 6.07) is 8.82. The third-order valence-corrected chi connectivity index (χ3v) is 5.35. The van der Waals surface area contributed by atoms with E-state index in [0.29, 0.717) is 6.04 Å². The fraction of sp³-hybridized carbons (Fsp3) is 0.267. The molecule has 2 aromatic heterocycles. The highest BCUT2D eigenvalue weighted by Gasteiger charge is 2.31. The smallest absolute Gasteiger partial charge is 0.186 e. The van der Waals surface area contributed by atoms with Gasteiger partial charge in [-0.25, -0.2) is 4.98 Å². The zero-order valence-electron chi connectivity index (χ0n) is 11.0. The lowest BCUT2D eigenvalue weighted by Crippen LogP contribution is -2.24. The standard InChI is InChI=1S/C15H15N3S2/c16-11-1-4-13-14(7-11)20-15(17-13)18(12-2-3-12)8-10-5-6-19-9-10/h1,4-7,9,12H,2-3,8,16H2. The van der Waals surface area contributed by atoms with Gasteiger partial charge in [-0.15, -0.1) is 0 Å². The molecule has 1 fully saturated rings. The minimum absolute atomic E-state index is 0.660. The van der Waals surface area contributed by atoms with Crippen molar-refractivity contribution in [3.63, 3.8) is 0 Å². The Hall–Kier alpha value is -1.59. The van der Waals surface area contributed by atoms with Gasteiger partial charge in [0, 0.05) is 18.3 Å². The summed E-state index contributed by atoms with van der Waals surface area (Å²) in [6.45, 7) is 0.962. The van der Waals surface area contributed by atoms with Crippen molar-refractivity contribution in [1.82, 2.24) is 4.98 Å². The first-order chi connectivity index (χ1) is 9.79. The van der Waals surface area contributed by atoms with Gasteiger partial charge >= 0.3 is 0 Å². The van der Waals surface area contributed by atoms with Crippen molar-refractivity contribution < 1.29 is 0 Å². The highest BCUT2D eigenvalue weighted by molar-refractivity contribution is 7.22. The number of fused-ring (bicyclic) bond motifs is 1. The highest BCUT2D eigenvalue weighted by Crippen LogP contribution is 2.38. The second-order valence-corrected chi connectivity index (χ2v) is 7.00. The van der Waals surface area contributed by atoms with E-state index >= 15 is 0 Å². The van der Waals surface area contributed by atoms with E-state index in [-0.39, 0.29) is 0 Å². The van der Waals surface area contributed by atoms with Crippen LogP contribution in [0.2, 0.25) is 0 Å². The molecular weight excluding hydrogens is 286 g/mol. The lowest BCUT2D eigenvalue weighted by Gasteiger charge is -2.20. The molecule has 0 bridgehead atoms. The van der Waals surface area contributed by atoms with Crippen molar-refractivity contribution >= 4 is 43.7 Å². The van der Waals surface area contributed by atoms with Crippen LogP contribution in [-0.4, -0.2) is 11.0 Å². The molecule has 1 saturated carbocycles. The maximum atomic E-state index is 5.86. The predicted molar refractivity (Wildman–Crippen MR) is 87.6 cm³/mol. The van der Waals surface area contributed by atoms with Crippen molar-refractivity contribution in [3.05, 3.63) is 40.6 Å². The topological polar surface area (TPSA) is 42.1 Å². The molecule has 5 heteroatoms. The molecule has 0 aliphatic heterocycles. The molecule has 0 atom stereocenters. The predicted octanol–water partition coefficient (Wildman–Crippen LogP) is 4.11. The van der Waals surface area contributed by atoms with Gasteiger partial charge in [-0.3, -0.25) is 0 Å². The molecule has 0 amide bonds. The molecular formula is C15H15N3S2. The van der Waals surface area contributed by atoms with E-state index in [4.69, 9.17) is 10.7 Å². The van der Waals surface area contributed by atoms with E-state index in [9.17, 15) is 0 Å². The van der Waals surface area contributed by atoms with Crippen LogP contribution >= 0.6 is 22.7 Å². The third-order valence-electron chi connectivity index (χ3n) is 3.57. The van der Waals surface area contributed by atoms with Crippen molar-refractivity contribution in [3.8, 4) is 0 Å². The van der Waals surface area contributed by atoms with Gasteiger partial charge < -0.3 is 10.6 Å². The fourth-order valence-electron chi connectivity index (χ4n) is 2.37. The van der Waals surface area contributed by atoms with E-state index in [1.165, 1.54) is 23.1 Å². The quantitative estimate of drug-likeness (QED) is 0.737. The van der Waals surface area contributed by atoms with Crippen LogP contribution in [0, 0.1) is 0 Å². The summed E-state index contributed by atoms with van der Waals surface area (Å²) in [5.41, 5.74) is 9.09. The molecule has 0 spiro atoms. The maximum absolute atomic E-state index is 5.86. The molecule has 20 heavy (non-hydrogen) atoms. The first-order valence-corrected chi connectivity index (χ1v) is 8.49. The van der Waals surface area contributed by atoms with Gasteiger partial charge in [-0.2, -0.15) is 11.3 Å².